The van der Waals surface area contributed by atoms with Gasteiger partial charge in [0.05, 0.1) is 6.04 Å². The Kier molecular flexibility index (Phi) is 5.03. The number of benzene rings is 3. The number of rotatable bonds is 2. The summed E-state index contributed by atoms with van der Waals surface area (Å²) in [5.74, 6) is -1.91. The molecular weight excluding hydrogens is 398 g/mol. The van der Waals surface area contributed by atoms with Crippen LogP contribution in [-0.2, 0) is 4.79 Å². The van der Waals surface area contributed by atoms with Gasteiger partial charge in [-0.05, 0) is 54.1 Å². The van der Waals surface area contributed by atoms with E-state index in [0.29, 0.717) is 21.8 Å². The van der Waals surface area contributed by atoms with Crippen LogP contribution >= 0.6 is 11.6 Å². The number of hydrogen-bond donors (Lipinski definition) is 1. The van der Waals surface area contributed by atoms with Gasteiger partial charge >= 0.3 is 0 Å². The topological polar surface area (TPSA) is 49.4 Å². The van der Waals surface area contributed by atoms with E-state index in [9.17, 15) is 18.4 Å². The van der Waals surface area contributed by atoms with E-state index in [1.165, 1.54) is 35.2 Å². The second-order valence-electron chi connectivity index (χ2n) is 6.68. The molecule has 7 heteroatoms. The minimum atomic E-state index is -0.723. The molecule has 3 aromatic carbocycles. The molecule has 3 aromatic rings. The molecule has 0 radical (unpaired) electrons. The minimum absolute atomic E-state index is 0.107. The average Bonchev–Trinajstić information content (AvgIpc) is 2.84. The summed E-state index contributed by atoms with van der Waals surface area (Å²) in [5.41, 5.74) is 1.79. The molecule has 1 heterocycles. The van der Waals surface area contributed by atoms with Crippen LogP contribution in [0.3, 0.4) is 0 Å². The van der Waals surface area contributed by atoms with Crippen LogP contribution in [-0.4, -0.2) is 23.3 Å². The van der Waals surface area contributed by atoms with Crippen molar-refractivity contribution in [3.63, 3.8) is 0 Å². The normalized spacial score (nSPS) is 16.0. The molecule has 1 N–H and O–H groups in total. The zero-order valence-electron chi connectivity index (χ0n) is 15.0. The van der Waals surface area contributed by atoms with E-state index in [4.69, 9.17) is 11.6 Å². The monoisotopic (exact) mass is 412 g/mol. The minimum Gasteiger partial charge on any atom is -0.324 e. The van der Waals surface area contributed by atoms with Crippen molar-refractivity contribution in [1.82, 2.24) is 4.90 Å². The first-order valence-electron chi connectivity index (χ1n) is 8.83. The van der Waals surface area contributed by atoms with Gasteiger partial charge in [-0.25, -0.2) is 8.78 Å². The van der Waals surface area contributed by atoms with Crippen molar-refractivity contribution >= 4 is 29.1 Å². The van der Waals surface area contributed by atoms with Gasteiger partial charge in [0.1, 0.15) is 18.2 Å². The summed E-state index contributed by atoms with van der Waals surface area (Å²) in [6.07, 6.45) is 0. The van der Waals surface area contributed by atoms with Crippen LogP contribution in [0.2, 0.25) is 5.02 Å². The zero-order chi connectivity index (χ0) is 20.5. The quantitative estimate of drug-likeness (QED) is 0.657. The van der Waals surface area contributed by atoms with E-state index < -0.39 is 29.5 Å². The smallest absolute Gasteiger partial charge is 0.255 e. The van der Waals surface area contributed by atoms with Crippen LogP contribution in [0.1, 0.15) is 27.5 Å². The van der Waals surface area contributed by atoms with Crippen molar-refractivity contribution in [2.45, 2.75) is 6.04 Å². The SMILES string of the molecule is O=C1CN(C(=O)c2cccc(F)c2)C(c2ccc(F)cc2)c2cc(Cl)ccc2N1. The molecule has 146 valence electrons. The van der Waals surface area contributed by atoms with Crippen molar-refractivity contribution in [3.05, 3.63) is 100 Å². The van der Waals surface area contributed by atoms with E-state index in [-0.39, 0.29) is 12.1 Å². The molecule has 0 saturated carbocycles. The third kappa shape index (κ3) is 3.84. The van der Waals surface area contributed by atoms with E-state index in [0.717, 1.165) is 6.07 Å². The van der Waals surface area contributed by atoms with Crippen LogP contribution in [0, 0.1) is 11.6 Å². The maximum Gasteiger partial charge on any atom is 0.255 e. The van der Waals surface area contributed by atoms with Crippen molar-refractivity contribution < 1.29 is 18.4 Å². The molecule has 0 aromatic heterocycles. The van der Waals surface area contributed by atoms with Gasteiger partial charge in [-0.2, -0.15) is 0 Å². The molecule has 4 rings (SSSR count). The lowest BCUT2D eigenvalue weighted by atomic mass is 9.95. The third-order valence-electron chi connectivity index (χ3n) is 4.73. The van der Waals surface area contributed by atoms with Gasteiger partial charge < -0.3 is 10.2 Å². The van der Waals surface area contributed by atoms with E-state index in [2.05, 4.69) is 5.32 Å². The number of anilines is 1. The van der Waals surface area contributed by atoms with E-state index in [1.807, 2.05) is 0 Å². The third-order valence-corrected chi connectivity index (χ3v) is 4.96. The van der Waals surface area contributed by atoms with Gasteiger partial charge in [0.25, 0.3) is 5.91 Å². The number of nitrogens with zero attached hydrogens (tertiary/aromatic N) is 1. The predicted molar refractivity (Wildman–Crippen MR) is 106 cm³/mol. The Balaban J connectivity index is 1.90. The number of fused-ring (bicyclic) bond motifs is 1. The molecule has 1 atom stereocenters. The van der Waals surface area contributed by atoms with Crippen LogP contribution in [0.25, 0.3) is 0 Å². The lowest BCUT2D eigenvalue weighted by Gasteiger charge is -2.30. The Morgan fingerprint density at radius 1 is 1.00 bits per heavy atom. The first kappa shape index (κ1) is 19.1. The predicted octanol–water partition coefficient (Wildman–Crippen LogP) is 4.80. The lowest BCUT2D eigenvalue weighted by Crippen LogP contribution is -2.39. The van der Waals surface area contributed by atoms with Gasteiger partial charge in [0.2, 0.25) is 5.91 Å². The molecule has 29 heavy (non-hydrogen) atoms. The first-order chi connectivity index (χ1) is 13.9. The second kappa shape index (κ2) is 7.64. The molecule has 2 amide bonds. The Hall–Kier alpha value is -3.25. The zero-order valence-corrected chi connectivity index (χ0v) is 15.8. The summed E-state index contributed by atoms with van der Waals surface area (Å²) in [6, 6.07) is 15.1. The summed E-state index contributed by atoms with van der Waals surface area (Å²) in [5, 5.41) is 3.19. The Morgan fingerprint density at radius 3 is 2.48 bits per heavy atom. The Bertz CT molecular complexity index is 1100. The number of carbonyl (C=O) groups is 2. The molecule has 0 aliphatic carbocycles. The number of halogens is 3. The molecule has 0 spiro atoms. The Morgan fingerprint density at radius 2 is 1.76 bits per heavy atom. The summed E-state index contributed by atoms with van der Waals surface area (Å²) < 4.78 is 27.2. The maximum atomic E-state index is 13.7. The van der Waals surface area contributed by atoms with Crippen LogP contribution < -0.4 is 5.32 Å². The van der Waals surface area contributed by atoms with Crippen LogP contribution in [0.4, 0.5) is 14.5 Å². The number of carbonyl (C=O) groups excluding carboxylic acids is 2. The van der Waals surface area contributed by atoms with Crippen molar-refractivity contribution in [1.29, 1.82) is 0 Å². The summed E-state index contributed by atoms with van der Waals surface area (Å²) >= 11 is 6.18. The maximum absolute atomic E-state index is 13.7. The second-order valence-corrected chi connectivity index (χ2v) is 7.11. The highest BCUT2D eigenvalue weighted by Crippen LogP contribution is 2.38. The van der Waals surface area contributed by atoms with Gasteiger partial charge in [0.15, 0.2) is 0 Å². The summed E-state index contributed by atoms with van der Waals surface area (Å²) in [6.45, 7) is -0.260. The molecular formula is C22H15ClF2N2O2. The molecule has 0 saturated heterocycles. The van der Waals surface area contributed by atoms with Crippen LogP contribution in [0.5, 0.6) is 0 Å². The first-order valence-corrected chi connectivity index (χ1v) is 9.21. The highest BCUT2D eigenvalue weighted by atomic mass is 35.5. The fourth-order valence-electron chi connectivity index (χ4n) is 3.46. The van der Waals surface area contributed by atoms with E-state index >= 15 is 0 Å². The number of nitrogens with one attached hydrogen (secondary N) is 1. The fourth-order valence-corrected chi connectivity index (χ4v) is 3.64. The molecule has 0 fully saturated rings. The standard InChI is InChI=1S/C22H15ClF2N2O2/c23-15-6-9-19-18(11-15)21(13-4-7-16(24)8-5-13)27(12-20(28)26-19)22(29)14-2-1-3-17(25)10-14/h1-11,21H,12H2,(H,26,28). The molecule has 0 bridgehead atoms. The average molecular weight is 413 g/mol. The molecule has 1 aliphatic rings. The molecule has 1 aliphatic heterocycles. The molecule has 4 nitrogen and oxygen atoms in total. The largest absolute Gasteiger partial charge is 0.324 e. The van der Waals surface area contributed by atoms with Crippen molar-refractivity contribution in [3.8, 4) is 0 Å². The van der Waals surface area contributed by atoms with Crippen LogP contribution in [0.15, 0.2) is 66.7 Å². The van der Waals surface area contributed by atoms with Gasteiger partial charge in [-0.3, -0.25) is 9.59 Å². The molecule has 1 unspecified atom stereocenters. The Labute approximate surface area is 170 Å². The van der Waals surface area contributed by atoms with Crippen molar-refractivity contribution in [2.24, 2.45) is 0 Å². The fraction of sp³-hybridized carbons (Fsp3) is 0.0909. The summed E-state index contributed by atoms with van der Waals surface area (Å²) in [4.78, 5) is 27.1. The van der Waals surface area contributed by atoms with Gasteiger partial charge in [-0.1, -0.05) is 29.8 Å². The lowest BCUT2D eigenvalue weighted by molar-refractivity contribution is -0.117. The number of hydrogen-bond acceptors (Lipinski definition) is 2. The van der Waals surface area contributed by atoms with Gasteiger partial charge in [0, 0.05) is 21.8 Å². The van der Waals surface area contributed by atoms with E-state index in [1.54, 1.807) is 30.3 Å². The summed E-state index contributed by atoms with van der Waals surface area (Å²) in [7, 11) is 0. The van der Waals surface area contributed by atoms with Gasteiger partial charge in [-0.15, -0.1) is 0 Å². The highest BCUT2D eigenvalue weighted by Gasteiger charge is 2.34. The van der Waals surface area contributed by atoms with Crippen molar-refractivity contribution in [2.75, 3.05) is 11.9 Å². The highest BCUT2D eigenvalue weighted by molar-refractivity contribution is 6.30. The number of amides is 2.